The number of hydrogen-bond acceptors (Lipinski definition) is 2. The Kier molecular flexibility index (Phi) is 4.74. The van der Waals surface area contributed by atoms with E-state index < -0.39 is 0 Å². The number of likely N-dealkylation sites (tertiary alicyclic amines) is 1. The molecular weight excluding hydrogens is 160 g/mol. The van der Waals surface area contributed by atoms with E-state index in [1.54, 1.807) is 0 Å². The maximum absolute atomic E-state index is 6.02. The van der Waals surface area contributed by atoms with Gasteiger partial charge in [-0.25, -0.2) is 0 Å². The summed E-state index contributed by atoms with van der Waals surface area (Å²) in [6, 6.07) is 0.426. The molecule has 0 aromatic rings. The quantitative estimate of drug-likeness (QED) is 0.722. The van der Waals surface area contributed by atoms with Crippen molar-refractivity contribution >= 4 is 0 Å². The zero-order chi connectivity index (χ0) is 9.68. The predicted octanol–water partition coefficient (Wildman–Crippen LogP) is 1.85. The van der Waals surface area contributed by atoms with Crippen LogP contribution in [0.15, 0.2) is 0 Å². The summed E-state index contributed by atoms with van der Waals surface area (Å²) < 4.78 is 0. The number of rotatable bonds is 4. The third kappa shape index (κ3) is 3.65. The van der Waals surface area contributed by atoms with Crippen molar-refractivity contribution in [2.24, 2.45) is 11.7 Å². The first-order valence-corrected chi connectivity index (χ1v) is 5.74. The molecule has 78 valence electrons. The van der Waals surface area contributed by atoms with Gasteiger partial charge in [-0.05, 0) is 25.3 Å². The second kappa shape index (κ2) is 5.61. The second-order valence-corrected chi connectivity index (χ2v) is 4.36. The van der Waals surface area contributed by atoms with Gasteiger partial charge in [0.1, 0.15) is 0 Å². The first-order valence-electron chi connectivity index (χ1n) is 5.74. The molecule has 1 rings (SSSR count). The summed E-state index contributed by atoms with van der Waals surface area (Å²) >= 11 is 0. The van der Waals surface area contributed by atoms with Crippen LogP contribution < -0.4 is 5.73 Å². The molecule has 0 spiro atoms. The Morgan fingerprint density at radius 1 is 1.31 bits per heavy atom. The zero-order valence-electron chi connectivity index (χ0n) is 9.13. The molecular formula is C11H24N2. The van der Waals surface area contributed by atoms with Crippen LogP contribution in [-0.2, 0) is 0 Å². The largest absolute Gasteiger partial charge is 0.327 e. The summed E-state index contributed by atoms with van der Waals surface area (Å²) in [4.78, 5) is 2.49. The molecule has 2 N–H and O–H groups in total. The van der Waals surface area contributed by atoms with Crippen molar-refractivity contribution in [3.05, 3.63) is 0 Å². The summed E-state index contributed by atoms with van der Waals surface area (Å²) in [6.45, 7) is 8.05. The average Bonchev–Trinajstić information content (AvgIpc) is 2.14. The van der Waals surface area contributed by atoms with Gasteiger partial charge in [-0.1, -0.05) is 26.7 Å². The van der Waals surface area contributed by atoms with Gasteiger partial charge in [-0.2, -0.15) is 0 Å². The van der Waals surface area contributed by atoms with Crippen molar-refractivity contribution in [3.63, 3.8) is 0 Å². The molecule has 2 nitrogen and oxygen atoms in total. The Morgan fingerprint density at radius 3 is 2.69 bits per heavy atom. The number of piperidine rings is 1. The van der Waals surface area contributed by atoms with E-state index in [2.05, 4.69) is 18.7 Å². The van der Waals surface area contributed by atoms with Crippen LogP contribution in [0.3, 0.4) is 0 Å². The Labute approximate surface area is 82.5 Å². The molecule has 2 heteroatoms. The summed E-state index contributed by atoms with van der Waals surface area (Å²) in [7, 11) is 0. The van der Waals surface area contributed by atoms with Crippen LogP contribution in [0, 0.1) is 5.92 Å². The molecule has 2 atom stereocenters. The third-order valence-corrected chi connectivity index (χ3v) is 3.06. The Balaban J connectivity index is 2.29. The monoisotopic (exact) mass is 184 g/mol. The number of nitrogens with two attached hydrogens (primary N) is 1. The fourth-order valence-corrected chi connectivity index (χ4v) is 2.31. The van der Waals surface area contributed by atoms with E-state index >= 15 is 0 Å². The highest BCUT2D eigenvalue weighted by molar-refractivity contribution is 4.80. The number of likely N-dealkylation sites (N-methyl/N-ethyl adjacent to an activating group) is 1. The molecule has 1 aliphatic rings. The third-order valence-electron chi connectivity index (χ3n) is 3.06. The van der Waals surface area contributed by atoms with Gasteiger partial charge in [-0.3, -0.25) is 0 Å². The van der Waals surface area contributed by atoms with Gasteiger partial charge >= 0.3 is 0 Å². The lowest BCUT2D eigenvalue weighted by atomic mass is 9.90. The van der Waals surface area contributed by atoms with Crippen LogP contribution >= 0.6 is 0 Å². The number of hydrogen-bond donors (Lipinski definition) is 1. The molecule has 0 aromatic heterocycles. The van der Waals surface area contributed by atoms with Gasteiger partial charge in [-0.15, -0.1) is 0 Å². The lowest BCUT2D eigenvalue weighted by Crippen LogP contribution is -2.46. The molecule has 0 aliphatic carbocycles. The first-order chi connectivity index (χ1) is 6.26. The lowest BCUT2D eigenvalue weighted by Gasteiger charge is -2.35. The Bertz CT molecular complexity index is 136. The van der Waals surface area contributed by atoms with Crippen molar-refractivity contribution in [1.82, 2.24) is 4.90 Å². The van der Waals surface area contributed by atoms with Crippen molar-refractivity contribution < 1.29 is 0 Å². The van der Waals surface area contributed by atoms with Crippen LogP contribution in [0.5, 0.6) is 0 Å². The van der Waals surface area contributed by atoms with Gasteiger partial charge < -0.3 is 10.6 Å². The van der Waals surface area contributed by atoms with E-state index in [-0.39, 0.29) is 0 Å². The van der Waals surface area contributed by atoms with Crippen LogP contribution in [0.2, 0.25) is 0 Å². The van der Waals surface area contributed by atoms with E-state index in [1.807, 2.05) is 0 Å². The van der Waals surface area contributed by atoms with E-state index in [0.717, 1.165) is 19.0 Å². The minimum atomic E-state index is 0.426. The highest BCUT2D eigenvalue weighted by Gasteiger charge is 2.23. The van der Waals surface area contributed by atoms with Gasteiger partial charge in [0.05, 0.1) is 0 Å². The topological polar surface area (TPSA) is 29.3 Å². The van der Waals surface area contributed by atoms with Crippen molar-refractivity contribution in [2.45, 2.75) is 45.6 Å². The van der Waals surface area contributed by atoms with Gasteiger partial charge in [0.25, 0.3) is 0 Å². The van der Waals surface area contributed by atoms with E-state index in [1.165, 1.54) is 32.2 Å². The normalized spacial score (nSPS) is 30.7. The van der Waals surface area contributed by atoms with E-state index in [0.29, 0.717) is 6.04 Å². The molecule has 1 aliphatic heterocycles. The van der Waals surface area contributed by atoms with Gasteiger partial charge in [0.15, 0.2) is 0 Å². The fourth-order valence-electron chi connectivity index (χ4n) is 2.31. The van der Waals surface area contributed by atoms with Crippen molar-refractivity contribution in [2.75, 3.05) is 19.6 Å². The maximum Gasteiger partial charge on any atom is 0.0170 e. The fraction of sp³-hybridized carbons (Fsp3) is 1.00. The molecule has 0 bridgehead atoms. The first kappa shape index (κ1) is 11.0. The molecule has 1 heterocycles. The molecule has 13 heavy (non-hydrogen) atoms. The molecule has 1 fully saturated rings. The molecule has 1 saturated heterocycles. The number of nitrogens with zero attached hydrogens (tertiary/aromatic N) is 1. The van der Waals surface area contributed by atoms with Gasteiger partial charge in [0, 0.05) is 19.1 Å². The molecule has 0 aromatic carbocycles. The highest BCUT2D eigenvalue weighted by atomic mass is 15.1. The van der Waals surface area contributed by atoms with Crippen LogP contribution in [0.4, 0.5) is 0 Å². The van der Waals surface area contributed by atoms with E-state index in [4.69, 9.17) is 5.73 Å². The highest BCUT2D eigenvalue weighted by Crippen LogP contribution is 2.20. The maximum atomic E-state index is 6.02. The lowest BCUT2D eigenvalue weighted by molar-refractivity contribution is 0.156. The minimum absolute atomic E-state index is 0.426. The predicted molar refractivity (Wildman–Crippen MR) is 57.7 cm³/mol. The molecule has 0 amide bonds. The van der Waals surface area contributed by atoms with Crippen LogP contribution in [-0.4, -0.2) is 30.6 Å². The number of unbranched alkanes of at least 4 members (excludes halogenated alkanes) is 1. The Morgan fingerprint density at radius 2 is 2.08 bits per heavy atom. The summed E-state index contributed by atoms with van der Waals surface area (Å²) in [5.41, 5.74) is 6.02. The minimum Gasteiger partial charge on any atom is -0.327 e. The standard InChI is InChI=1S/C11H24N2/c1-3-5-6-10-7-11(12)9-13(4-2)8-10/h10-11H,3-9,12H2,1-2H3. The summed E-state index contributed by atoms with van der Waals surface area (Å²) in [5.74, 6) is 0.864. The SMILES string of the molecule is CCCCC1CC(N)CN(CC)C1. The Hall–Kier alpha value is -0.0800. The van der Waals surface area contributed by atoms with Crippen LogP contribution in [0.1, 0.15) is 39.5 Å². The molecule has 2 unspecified atom stereocenters. The van der Waals surface area contributed by atoms with Crippen molar-refractivity contribution in [1.29, 1.82) is 0 Å². The van der Waals surface area contributed by atoms with Crippen molar-refractivity contribution in [3.8, 4) is 0 Å². The molecule has 0 saturated carbocycles. The van der Waals surface area contributed by atoms with Crippen LogP contribution in [0.25, 0.3) is 0 Å². The summed E-state index contributed by atoms with van der Waals surface area (Å²) in [5, 5.41) is 0. The smallest absolute Gasteiger partial charge is 0.0170 e. The zero-order valence-corrected chi connectivity index (χ0v) is 9.13. The summed E-state index contributed by atoms with van der Waals surface area (Å²) in [6.07, 6.45) is 5.31. The van der Waals surface area contributed by atoms with E-state index in [9.17, 15) is 0 Å². The second-order valence-electron chi connectivity index (χ2n) is 4.36. The van der Waals surface area contributed by atoms with Gasteiger partial charge in [0.2, 0.25) is 0 Å². The molecule has 0 radical (unpaired) electrons. The average molecular weight is 184 g/mol.